The number of aliphatic hydroxyl groups excluding tert-OH is 1. The topological polar surface area (TPSA) is 97.8 Å². The summed E-state index contributed by atoms with van der Waals surface area (Å²) in [5.74, 6) is 1.80. The highest BCUT2D eigenvalue weighted by molar-refractivity contribution is 5.93. The summed E-state index contributed by atoms with van der Waals surface area (Å²) in [7, 11) is 0. The number of pyridine rings is 4. The number of aromatic nitrogens is 4. The van der Waals surface area contributed by atoms with Crippen LogP contribution in [-0.2, 0) is 12.8 Å². The predicted molar refractivity (Wildman–Crippen MR) is 121 cm³/mol. The van der Waals surface area contributed by atoms with E-state index in [1.54, 1.807) is 12.4 Å². The van der Waals surface area contributed by atoms with E-state index in [9.17, 15) is 5.11 Å². The minimum Gasteiger partial charge on any atom is -0.396 e. The van der Waals surface area contributed by atoms with Crippen molar-refractivity contribution in [2.75, 3.05) is 12.3 Å². The normalized spacial score (nSPS) is 17.7. The van der Waals surface area contributed by atoms with Crippen molar-refractivity contribution in [3.8, 4) is 11.3 Å². The summed E-state index contributed by atoms with van der Waals surface area (Å²) in [6.07, 6.45) is 13.0. The number of rotatable bonds is 7. The lowest BCUT2D eigenvalue weighted by Crippen LogP contribution is -2.00. The first-order valence-corrected chi connectivity index (χ1v) is 10.7. The molecule has 1 aliphatic rings. The molecule has 0 saturated heterocycles. The zero-order valence-electron chi connectivity index (χ0n) is 17.3. The van der Waals surface area contributed by atoms with Crippen molar-refractivity contribution in [1.82, 2.24) is 19.9 Å². The summed E-state index contributed by atoms with van der Waals surface area (Å²) < 4.78 is 0. The molecule has 0 radical (unpaired) electrons. The number of anilines is 1. The van der Waals surface area contributed by atoms with Gasteiger partial charge in [0.25, 0.3) is 0 Å². The molecule has 0 bridgehead atoms. The first-order valence-electron chi connectivity index (χ1n) is 10.7. The van der Waals surface area contributed by atoms with Crippen molar-refractivity contribution in [3.63, 3.8) is 0 Å². The summed E-state index contributed by atoms with van der Waals surface area (Å²) in [6, 6.07) is 10.3. The van der Waals surface area contributed by atoms with Crippen LogP contribution in [0.5, 0.6) is 0 Å². The zero-order valence-corrected chi connectivity index (χ0v) is 17.3. The molecule has 31 heavy (non-hydrogen) atoms. The molecule has 0 aromatic carbocycles. The molecule has 5 rings (SSSR count). The van der Waals surface area contributed by atoms with E-state index in [1.165, 1.54) is 12.0 Å². The van der Waals surface area contributed by atoms with Crippen molar-refractivity contribution in [2.45, 2.75) is 31.6 Å². The number of hydrogen-bond donors (Lipinski definition) is 2. The largest absolute Gasteiger partial charge is 0.396 e. The van der Waals surface area contributed by atoms with Crippen molar-refractivity contribution in [3.05, 3.63) is 78.1 Å². The number of aliphatic hydroxyl groups is 1. The third-order valence-corrected chi connectivity index (χ3v) is 6.18. The third-order valence-electron chi connectivity index (χ3n) is 6.18. The second-order valence-corrected chi connectivity index (χ2v) is 8.22. The lowest BCUT2D eigenvalue weighted by atomic mass is 10.0. The predicted octanol–water partition coefficient (Wildman–Crippen LogP) is 3.94. The summed E-state index contributed by atoms with van der Waals surface area (Å²) in [6.45, 7) is 0.0787. The Morgan fingerprint density at radius 3 is 2.77 bits per heavy atom. The molecule has 1 fully saturated rings. The van der Waals surface area contributed by atoms with Crippen LogP contribution >= 0.6 is 0 Å². The van der Waals surface area contributed by atoms with Gasteiger partial charge in [0.1, 0.15) is 5.82 Å². The van der Waals surface area contributed by atoms with Crippen LogP contribution in [0.2, 0.25) is 0 Å². The summed E-state index contributed by atoms with van der Waals surface area (Å²) in [5.41, 5.74) is 11.4. The van der Waals surface area contributed by atoms with Gasteiger partial charge in [-0.3, -0.25) is 15.0 Å². The van der Waals surface area contributed by atoms with Crippen LogP contribution in [0.4, 0.5) is 5.82 Å². The highest BCUT2D eigenvalue weighted by Crippen LogP contribution is 2.49. The molecule has 6 heteroatoms. The highest BCUT2D eigenvalue weighted by atomic mass is 16.2. The van der Waals surface area contributed by atoms with Crippen LogP contribution in [-0.4, -0.2) is 31.6 Å². The number of nitrogen functional groups attached to an aromatic ring is 1. The van der Waals surface area contributed by atoms with Gasteiger partial charge in [0.15, 0.2) is 0 Å². The van der Waals surface area contributed by atoms with Gasteiger partial charge in [0.05, 0.1) is 5.69 Å². The van der Waals surface area contributed by atoms with Crippen molar-refractivity contribution in [1.29, 1.82) is 0 Å². The van der Waals surface area contributed by atoms with E-state index in [0.717, 1.165) is 46.1 Å². The molecule has 1 aliphatic carbocycles. The van der Waals surface area contributed by atoms with Crippen LogP contribution in [0.1, 0.15) is 35.6 Å². The number of nitrogens with two attached hydrogens (primary N) is 1. The van der Waals surface area contributed by atoms with Crippen molar-refractivity contribution < 1.29 is 5.11 Å². The number of fused-ring (bicyclic) bond motifs is 1. The fourth-order valence-corrected chi connectivity index (χ4v) is 4.39. The van der Waals surface area contributed by atoms with Gasteiger partial charge in [-0.1, -0.05) is 6.07 Å². The molecule has 4 heterocycles. The van der Waals surface area contributed by atoms with Gasteiger partial charge in [0, 0.05) is 54.2 Å². The second-order valence-electron chi connectivity index (χ2n) is 8.22. The maximum Gasteiger partial charge on any atom is 0.133 e. The molecular weight excluding hydrogens is 386 g/mol. The molecule has 0 amide bonds. The minimum atomic E-state index is 0.0787. The Kier molecular flexibility index (Phi) is 5.30. The Hall–Kier alpha value is -3.38. The van der Waals surface area contributed by atoms with Crippen LogP contribution in [0.15, 0.2) is 61.3 Å². The molecule has 6 nitrogen and oxygen atoms in total. The Morgan fingerprint density at radius 1 is 1.03 bits per heavy atom. The van der Waals surface area contributed by atoms with Gasteiger partial charge in [0.2, 0.25) is 0 Å². The molecule has 3 N–H and O–H groups in total. The van der Waals surface area contributed by atoms with E-state index in [4.69, 9.17) is 5.73 Å². The Balaban J connectivity index is 1.37. The average molecular weight is 412 g/mol. The van der Waals surface area contributed by atoms with Gasteiger partial charge < -0.3 is 10.8 Å². The van der Waals surface area contributed by atoms with Gasteiger partial charge in [-0.2, -0.15) is 0 Å². The Bertz CT molecular complexity index is 1210. The lowest BCUT2D eigenvalue weighted by Gasteiger charge is -2.11. The summed E-state index contributed by atoms with van der Waals surface area (Å²) in [4.78, 5) is 17.7. The molecule has 0 aliphatic heterocycles. The summed E-state index contributed by atoms with van der Waals surface area (Å²) >= 11 is 0. The van der Waals surface area contributed by atoms with Crippen LogP contribution in [0.3, 0.4) is 0 Å². The van der Waals surface area contributed by atoms with Crippen LogP contribution in [0.25, 0.3) is 22.0 Å². The quantitative estimate of drug-likeness (QED) is 0.478. The highest BCUT2D eigenvalue weighted by Gasteiger charge is 2.37. The van der Waals surface area contributed by atoms with E-state index in [-0.39, 0.29) is 6.61 Å². The average Bonchev–Trinajstić information content (AvgIpc) is 3.58. The SMILES string of the molecule is Nc1nc(-c2cnccc2CCO)cc2cc(CC[C@@H]3C[C@H]3c3cccnc3)ncc12. The minimum absolute atomic E-state index is 0.0787. The molecule has 0 unspecified atom stereocenters. The molecule has 1 saturated carbocycles. The maximum atomic E-state index is 9.38. The maximum absolute atomic E-state index is 9.38. The van der Waals surface area contributed by atoms with Gasteiger partial charge in [-0.25, -0.2) is 4.98 Å². The molecule has 4 aromatic rings. The van der Waals surface area contributed by atoms with Crippen molar-refractivity contribution >= 4 is 16.6 Å². The standard InChI is InChI=1S/C25H25N5O/c26-25-23-15-29-20(4-3-17-11-21(17)18-2-1-7-27-13-18)10-19(23)12-24(30-25)22-14-28-8-5-16(22)6-9-31/h1-2,5,7-8,10,12-15,17,21,31H,3-4,6,9,11H2,(H2,26,30)/t17-,21-/m1/s1. The monoisotopic (exact) mass is 411 g/mol. The third kappa shape index (κ3) is 4.11. The van der Waals surface area contributed by atoms with E-state index in [0.29, 0.717) is 24.1 Å². The molecule has 2 atom stereocenters. The lowest BCUT2D eigenvalue weighted by molar-refractivity contribution is 0.299. The smallest absolute Gasteiger partial charge is 0.133 e. The Labute approximate surface area is 181 Å². The Morgan fingerprint density at radius 2 is 1.94 bits per heavy atom. The number of nitrogens with zero attached hydrogens (tertiary/aromatic N) is 4. The molecular formula is C25H25N5O. The van der Waals surface area contributed by atoms with E-state index in [1.807, 2.05) is 36.8 Å². The molecule has 156 valence electrons. The fourth-order valence-electron chi connectivity index (χ4n) is 4.39. The van der Waals surface area contributed by atoms with Crippen LogP contribution < -0.4 is 5.73 Å². The number of hydrogen-bond acceptors (Lipinski definition) is 6. The second kappa shape index (κ2) is 8.40. The summed E-state index contributed by atoms with van der Waals surface area (Å²) in [5, 5.41) is 11.3. The zero-order chi connectivity index (χ0) is 21.2. The molecule has 4 aromatic heterocycles. The van der Waals surface area contributed by atoms with Gasteiger partial charge in [-0.05, 0) is 78.3 Å². The van der Waals surface area contributed by atoms with Gasteiger partial charge in [-0.15, -0.1) is 0 Å². The number of aryl methyl sites for hydroxylation is 1. The molecule has 0 spiro atoms. The van der Waals surface area contributed by atoms with E-state index in [2.05, 4.69) is 32.1 Å². The fraction of sp³-hybridized carbons (Fsp3) is 0.280. The van der Waals surface area contributed by atoms with Gasteiger partial charge >= 0.3 is 0 Å². The van der Waals surface area contributed by atoms with Crippen LogP contribution in [0, 0.1) is 5.92 Å². The van der Waals surface area contributed by atoms with E-state index < -0.39 is 0 Å². The first kappa shape index (κ1) is 19.6. The van der Waals surface area contributed by atoms with E-state index >= 15 is 0 Å². The van der Waals surface area contributed by atoms with Crippen molar-refractivity contribution in [2.24, 2.45) is 5.92 Å². The first-order chi connectivity index (χ1) is 15.2.